The zero-order valence-corrected chi connectivity index (χ0v) is 14.5. The minimum absolute atomic E-state index is 0.420. The fourth-order valence-corrected chi connectivity index (χ4v) is 1.34. The van der Waals surface area contributed by atoms with Crippen molar-refractivity contribution in [3.63, 3.8) is 0 Å². The van der Waals surface area contributed by atoms with E-state index in [1.54, 1.807) is 0 Å². The minimum Gasteiger partial charge on any atom is -0.543 e. The van der Waals surface area contributed by atoms with E-state index < -0.39 is 36.0 Å². The molecule has 0 amide bonds. The molecule has 2 atom stereocenters. The first kappa shape index (κ1) is 26.7. The Labute approximate surface area is 140 Å². The number of quaternary nitrogens is 2. The van der Waals surface area contributed by atoms with Gasteiger partial charge in [0.05, 0.1) is 11.9 Å². The Kier molecular flexibility index (Phi) is 16.0. The molecule has 0 aromatic heterocycles. The molecule has 0 rings (SSSR count). The van der Waals surface area contributed by atoms with Gasteiger partial charge in [-0.2, -0.15) is 0 Å². The van der Waals surface area contributed by atoms with E-state index in [0.29, 0.717) is 24.7 Å². The molecule has 24 heavy (non-hydrogen) atoms. The highest BCUT2D eigenvalue weighted by Crippen LogP contribution is 2.01. The summed E-state index contributed by atoms with van der Waals surface area (Å²) >= 11 is 0. The molecule has 0 radical (unpaired) electrons. The van der Waals surface area contributed by atoms with Crippen LogP contribution in [0.5, 0.6) is 0 Å². The molecule has 0 aliphatic heterocycles. The first-order valence-corrected chi connectivity index (χ1v) is 7.26. The van der Waals surface area contributed by atoms with Crippen LogP contribution in [-0.4, -0.2) is 46.2 Å². The van der Waals surface area contributed by atoms with Gasteiger partial charge in [-0.1, -0.05) is 27.7 Å². The van der Waals surface area contributed by atoms with Gasteiger partial charge in [0.2, 0.25) is 0 Å². The molecule has 0 saturated carbocycles. The van der Waals surface area contributed by atoms with Crippen LogP contribution in [0.15, 0.2) is 0 Å². The van der Waals surface area contributed by atoms with Gasteiger partial charge < -0.3 is 41.5 Å². The molecule has 0 fully saturated rings. The van der Waals surface area contributed by atoms with Crippen molar-refractivity contribution in [1.29, 1.82) is 0 Å². The minimum atomic E-state index is -2.19. The van der Waals surface area contributed by atoms with Crippen molar-refractivity contribution in [2.45, 2.75) is 52.6 Å². The molecule has 0 heterocycles. The Morgan fingerprint density at radius 1 is 0.750 bits per heavy atom. The van der Waals surface area contributed by atoms with E-state index in [4.69, 9.17) is 30.0 Å². The van der Waals surface area contributed by atoms with Gasteiger partial charge in [0, 0.05) is 12.8 Å². The second-order valence-electron chi connectivity index (χ2n) is 5.90. The predicted molar refractivity (Wildman–Crippen MR) is 77.5 cm³/mol. The molecule has 0 aromatic carbocycles. The average molecular weight is 352 g/mol. The van der Waals surface area contributed by atoms with Crippen molar-refractivity contribution in [2.24, 2.45) is 11.8 Å². The third-order valence-corrected chi connectivity index (χ3v) is 2.38. The van der Waals surface area contributed by atoms with Crippen LogP contribution in [0.2, 0.25) is 0 Å². The molecule has 0 aliphatic rings. The van der Waals surface area contributed by atoms with Crippen molar-refractivity contribution in [2.75, 3.05) is 0 Å². The Balaban J connectivity index is -0.000000282. The molecule has 0 aliphatic carbocycles. The molecule has 0 saturated heterocycles. The number of carboxylic acids is 4. The standard InChI is InChI=1S/2C6H13NO2.C2H2O4/c2*1-4(2)3-5(7)6(8)9;3-1(4)2(5)6/h2*4-5H,3,7H2,1-2H3,(H,8,9);(H,3,4)(H,5,6)/t2*5-;/m00./s1. The van der Waals surface area contributed by atoms with Gasteiger partial charge in [-0.25, -0.2) is 9.59 Å². The molecule has 142 valence electrons. The lowest BCUT2D eigenvalue weighted by molar-refractivity contribution is -0.410. The summed E-state index contributed by atoms with van der Waals surface area (Å²) in [6.45, 7) is 7.95. The number of carbonyl (C=O) groups excluding carboxylic acids is 2. The Hall–Kier alpha value is -2.20. The summed E-state index contributed by atoms with van der Waals surface area (Å²) in [6.07, 6.45) is 1.32. The van der Waals surface area contributed by atoms with Crippen LogP contribution in [0.1, 0.15) is 40.5 Å². The van der Waals surface area contributed by atoms with Gasteiger partial charge in [0.25, 0.3) is 0 Å². The molecule has 0 unspecified atom stereocenters. The smallest absolute Gasteiger partial charge is 0.362 e. The molecule has 10 nitrogen and oxygen atoms in total. The van der Waals surface area contributed by atoms with Gasteiger partial charge in [-0.15, -0.1) is 0 Å². The predicted octanol–water partition coefficient (Wildman–Crippen LogP) is -4.06. The van der Waals surface area contributed by atoms with Crippen LogP contribution in [0.3, 0.4) is 0 Å². The van der Waals surface area contributed by atoms with Crippen LogP contribution >= 0.6 is 0 Å². The van der Waals surface area contributed by atoms with Gasteiger partial charge in [-0.3, -0.25) is 0 Å². The maximum atomic E-state index is 10.2. The molecule has 10 heteroatoms. The first-order valence-electron chi connectivity index (χ1n) is 7.26. The fraction of sp³-hybridized carbons (Fsp3) is 0.714. The van der Waals surface area contributed by atoms with E-state index in [1.165, 1.54) is 0 Å². The van der Waals surface area contributed by atoms with Gasteiger partial charge >= 0.3 is 11.9 Å². The van der Waals surface area contributed by atoms with Crippen molar-refractivity contribution in [3.05, 3.63) is 0 Å². The third kappa shape index (κ3) is 22.1. The summed E-state index contributed by atoms with van der Waals surface area (Å²) in [5.74, 6) is -5.13. The maximum absolute atomic E-state index is 10.2. The summed E-state index contributed by atoms with van der Waals surface area (Å²) in [6, 6.07) is -0.880. The molecular formula is C14H28N2O8. The van der Waals surface area contributed by atoms with Gasteiger partial charge in [-0.05, 0) is 11.8 Å². The van der Waals surface area contributed by atoms with Crippen LogP contribution in [0, 0.1) is 11.8 Å². The fourth-order valence-electron chi connectivity index (χ4n) is 1.34. The van der Waals surface area contributed by atoms with E-state index in [0.717, 1.165) is 0 Å². The number of aliphatic carboxylic acids is 4. The number of hydrogen-bond donors (Lipinski definition) is 4. The van der Waals surface area contributed by atoms with Crippen LogP contribution in [0.4, 0.5) is 0 Å². The lowest BCUT2D eigenvalue weighted by Crippen LogP contribution is -2.65. The summed E-state index contributed by atoms with van der Waals surface area (Å²) in [5.41, 5.74) is 6.96. The number of carboxylic acid groups (broad SMARTS) is 4. The number of hydrogen-bond acceptors (Lipinski definition) is 6. The van der Waals surface area contributed by atoms with E-state index in [1.807, 2.05) is 27.7 Å². The quantitative estimate of drug-likeness (QED) is 0.344. The zero-order chi connectivity index (χ0) is 20.0. The number of carbonyl (C=O) groups is 4. The van der Waals surface area contributed by atoms with E-state index in [2.05, 4.69) is 11.5 Å². The van der Waals surface area contributed by atoms with Crippen molar-refractivity contribution < 1.29 is 51.1 Å². The maximum Gasteiger partial charge on any atom is 0.362 e. The Morgan fingerprint density at radius 2 is 0.958 bits per heavy atom. The Morgan fingerprint density at radius 3 is 1.00 bits per heavy atom. The lowest BCUT2D eigenvalue weighted by Gasteiger charge is -2.04. The second kappa shape index (κ2) is 14.4. The van der Waals surface area contributed by atoms with Crippen LogP contribution in [-0.2, 0) is 19.2 Å². The number of rotatable bonds is 6. The SMILES string of the molecule is CC(C)C[C@H]([NH3+])C(=O)O.CC(C)C[C@H]([NH3+])C(=O)O.O=C([O-])C(=O)[O-]. The van der Waals surface area contributed by atoms with E-state index in [9.17, 15) is 9.59 Å². The molecule has 0 bridgehead atoms. The average Bonchev–Trinajstić information content (AvgIpc) is 2.38. The lowest BCUT2D eigenvalue weighted by atomic mass is 10.1. The third-order valence-electron chi connectivity index (χ3n) is 2.38. The van der Waals surface area contributed by atoms with Crippen LogP contribution in [0.25, 0.3) is 0 Å². The second-order valence-corrected chi connectivity index (χ2v) is 5.90. The monoisotopic (exact) mass is 352 g/mol. The molecule has 0 aromatic rings. The highest BCUT2D eigenvalue weighted by atomic mass is 16.4. The molecule has 8 N–H and O–H groups in total. The van der Waals surface area contributed by atoms with Gasteiger partial charge in [0.15, 0.2) is 12.1 Å². The Bertz CT molecular complexity index is 372. The molecule has 0 spiro atoms. The largest absolute Gasteiger partial charge is 0.543 e. The van der Waals surface area contributed by atoms with Crippen molar-refractivity contribution in [1.82, 2.24) is 0 Å². The normalized spacial score (nSPS) is 12.2. The highest BCUT2D eigenvalue weighted by Gasteiger charge is 2.16. The topological polar surface area (TPSA) is 210 Å². The highest BCUT2D eigenvalue weighted by molar-refractivity contribution is 6.25. The summed E-state index contributed by atoms with van der Waals surface area (Å²) in [7, 11) is 0. The van der Waals surface area contributed by atoms with Crippen molar-refractivity contribution in [3.8, 4) is 0 Å². The van der Waals surface area contributed by atoms with E-state index >= 15 is 0 Å². The summed E-state index contributed by atoms with van der Waals surface area (Å²) < 4.78 is 0. The van der Waals surface area contributed by atoms with Crippen LogP contribution < -0.4 is 21.7 Å². The van der Waals surface area contributed by atoms with Crippen molar-refractivity contribution >= 4 is 23.9 Å². The summed E-state index contributed by atoms with van der Waals surface area (Å²) in [4.78, 5) is 38.2. The zero-order valence-electron chi connectivity index (χ0n) is 14.5. The van der Waals surface area contributed by atoms with E-state index in [-0.39, 0.29) is 0 Å². The van der Waals surface area contributed by atoms with Gasteiger partial charge in [0.1, 0.15) is 0 Å². The first-order chi connectivity index (χ1) is 10.7. The molecular weight excluding hydrogens is 324 g/mol. The summed E-state index contributed by atoms with van der Waals surface area (Å²) in [5, 5.41) is 34.6.